The van der Waals surface area contributed by atoms with Crippen molar-refractivity contribution in [3.8, 4) is 0 Å². The first kappa shape index (κ1) is 13.9. The van der Waals surface area contributed by atoms with Crippen molar-refractivity contribution in [1.82, 2.24) is 14.5 Å². The zero-order valence-corrected chi connectivity index (χ0v) is 12.1. The van der Waals surface area contributed by atoms with Crippen molar-refractivity contribution < 1.29 is 4.21 Å². The lowest BCUT2D eigenvalue weighted by molar-refractivity contribution is 0.468. The molecule has 2 heterocycles. The highest BCUT2D eigenvalue weighted by atomic mass is 32.2. The van der Waals surface area contributed by atoms with Gasteiger partial charge in [-0.2, -0.15) is 0 Å². The maximum atomic E-state index is 12.1. The molecule has 0 N–H and O–H groups in total. The van der Waals surface area contributed by atoms with Crippen LogP contribution in [0.4, 0.5) is 0 Å². The van der Waals surface area contributed by atoms with E-state index < -0.39 is 10.8 Å². The van der Waals surface area contributed by atoms with Crippen LogP contribution in [0.1, 0.15) is 32.7 Å². The van der Waals surface area contributed by atoms with Crippen LogP contribution in [0.3, 0.4) is 0 Å². The fourth-order valence-electron chi connectivity index (χ4n) is 2.17. The van der Waals surface area contributed by atoms with Crippen LogP contribution in [0.15, 0.2) is 28.3 Å². The Hall–Kier alpha value is -1.56. The molecule has 0 spiro atoms. The van der Waals surface area contributed by atoms with E-state index in [0.717, 1.165) is 18.2 Å². The van der Waals surface area contributed by atoms with E-state index >= 15 is 0 Å². The van der Waals surface area contributed by atoms with Crippen LogP contribution in [-0.4, -0.2) is 25.0 Å². The van der Waals surface area contributed by atoms with Gasteiger partial charge in [0.05, 0.1) is 10.8 Å². The van der Waals surface area contributed by atoms with Crippen molar-refractivity contribution in [3.63, 3.8) is 0 Å². The van der Waals surface area contributed by atoms with Gasteiger partial charge < -0.3 is 0 Å². The van der Waals surface area contributed by atoms with Gasteiger partial charge >= 0.3 is 0 Å². The van der Waals surface area contributed by atoms with Crippen LogP contribution in [0, 0.1) is 0 Å². The van der Waals surface area contributed by atoms with E-state index in [2.05, 4.69) is 9.97 Å². The lowest BCUT2D eigenvalue weighted by Crippen LogP contribution is -2.24. The number of hydrogen-bond donors (Lipinski definition) is 0. The second-order valence-corrected chi connectivity index (χ2v) is 5.67. The van der Waals surface area contributed by atoms with Gasteiger partial charge in [-0.3, -0.25) is 13.6 Å². The summed E-state index contributed by atoms with van der Waals surface area (Å²) in [5, 5.41) is 1.05. The molecule has 2 aromatic rings. The Kier molecular flexibility index (Phi) is 4.09. The van der Waals surface area contributed by atoms with E-state index in [-0.39, 0.29) is 16.8 Å². The molecule has 19 heavy (non-hydrogen) atoms. The Bertz CT molecular complexity index is 677. The minimum atomic E-state index is -1.25. The van der Waals surface area contributed by atoms with Gasteiger partial charge in [-0.15, -0.1) is 0 Å². The highest BCUT2D eigenvalue weighted by molar-refractivity contribution is 7.84. The normalized spacial score (nSPS) is 13.1. The van der Waals surface area contributed by atoms with E-state index in [9.17, 15) is 9.00 Å². The lowest BCUT2D eigenvalue weighted by atomic mass is 10.1. The van der Waals surface area contributed by atoms with E-state index in [1.165, 1.54) is 12.3 Å². The van der Waals surface area contributed by atoms with Crippen LogP contribution < -0.4 is 5.56 Å². The van der Waals surface area contributed by atoms with Crippen molar-refractivity contribution in [3.05, 3.63) is 28.7 Å². The van der Waals surface area contributed by atoms with Gasteiger partial charge in [0, 0.05) is 29.9 Å². The summed E-state index contributed by atoms with van der Waals surface area (Å²) in [7, 11) is -1.25. The van der Waals surface area contributed by atoms with Crippen LogP contribution in [0.2, 0.25) is 0 Å². The smallest absolute Gasteiger partial charge is 0.252 e. The summed E-state index contributed by atoms with van der Waals surface area (Å²) < 4.78 is 13.2. The summed E-state index contributed by atoms with van der Waals surface area (Å²) in [6, 6.07) is 3.34. The zero-order chi connectivity index (χ0) is 14.0. The molecule has 0 aliphatic rings. The first-order valence-corrected chi connectivity index (χ1v) is 7.86. The summed E-state index contributed by atoms with van der Waals surface area (Å²) in [6.45, 7) is 4.08. The number of rotatable bonds is 4. The second kappa shape index (κ2) is 5.61. The molecule has 0 bridgehead atoms. The molecule has 5 nitrogen and oxygen atoms in total. The Balaban J connectivity index is 2.78. The predicted octanol–water partition coefficient (Wildman–Crippen LogP) is 1.89. The van der Waals surface area contributed by atoms with E-state index in [0.29, 0.717) is 5.65 Å². The van der Waals surface area contributed by atoms with Crippen LogP contribution in [-0.2, 0) is 10.8 Å². The highest BCUT2D eigenvalue weighted by Gasteiger charge is 2.14. The monoisotopic (exact) mass is 279 g/mol. The number of pyridine rings is 1. The molecule has 6 heteroatoms. The molecule has 0 saturated carbocycles. The third-order valence-corrected chi connectivity index (χ3v) is 3.92. The number of aromatic nitrogens is 3. The van der Waals surface area contributed by atoms with Gasteiger partial charge in [0.25, 0.3) is 5.56 Å². The van der Waals surface area contributed by atoms with Crippen molar-refractivity contribution in [2.75, 3.05) is 6.26 Å². The van der Waals surface area contributed by atoms with Crippen molar-refractivity contribution in [2.45, 2.75) is 37.9 Å². The minimum Gasteiger partial charge on any atom is -0.289 e. The molecule has 0 saturated heterocycles. The molecule has 0 aliphatic heterocycles. The summed E-state index contributed by atoms with van der Waals surface area (Å²) in [4.78, 5) is 20.5. The largest absolute Gasteiger partial charge is 0.289 e. The van der Waals surface area contributed by atoms with Crippen LogP contribution in [0.25, 0.3) is 11.0 Å². The van der Waals surface area contributed by atoms with Gasteiger partial charge in [-0.25, -0.2) is 9.97 Å². The molecular weight excluding hydrogens is 262 g/mol. The average Bonchev–Trinajstić information content (AvgIpc) is 2.41. The van der Waals surface area contributed by atoms with Gasteiger partial charge in [-0.05, 0) is 18.9 Å². The molecule has 1 unspecified atom stereocenters. The molecule has 0 amide bonds. The fourth-order valence-corrected chi connectivity index (χ4v) is 2.58. The Morgan fingerprint density at radius 1 is 1.32 bits per heavy atom. The van der Waals surface area contributed by atoms with Gasteiger partial charge in [0.15, 0.2) is 0 Å². The zero-order valence-electron chi connectivity index (χ0n) is 11.3. The van der Waals surface area contributed by atoms with Crippen molar-refractivity contribution in [1.29, 1.82) is 0 Å². The molecule has 1 atom stereocenters. The maximum Gasteiger partial charge on any atom is 0.252 e. The molecule has 0 aliphatic carbocycles. The maximum absolute atomic E-state index is 12.1. The van der Waals surface area contributed by atoms with Gasteiger partial charge in [-0.1, -0.05) is 13.8 Å². The highest BCUT2D eigenvalue weighted by Crippen LogP contribution is 2.19. The average molecular weight is 279 g/mol. The number of nitrogens with zero attached hydrogens (tertiary/aromatic N) is 3. The van der Waals surface area contributed by atoms with Gasteiger partial charge in [0.1, 0.15) is 5.65 Å². The molecule has 0 fully saturated rings. The quantitative estimate of drug-likeness (QED) is 0.802. The predicted molar refractivity (Wildman–Crippen MR) is 75.7 cm³/mol. The summed E-state index contributed by atoms with van der Waals surface area (Å²) >= 11 is 0. The van der Waals surface area contributed by atoms with Gasteiger partial charge in [0.2, 0.25) is 5.16 Å². The van der Waals surface area contributed by atoms with Crippen LogP contribution in [0.5, 0.6) is 0 Å². The third kappa shape index (κ3) is 2.58. The topological polar surface area (TPSA) is 64.8 Å². The number of hydrogen-bond acceptors (Lipinski definition) is 4. The van der Waals surface area contributed by atoms with Crippen LogP contribution >= 0.6 is 0 Å². The lowest BCUT2D eigenvalue weighted by Gasteiger charge is -2.18. The molecule has 2 rings (SSSR count). The molecule has 2 aromatic heterocycles. The standard InChI is InChI=1S/C13H17N3O2S/c1-4-10(5-2)16-11(17)7-6-9-8-14-13(19(3)18)15-12(9)16/h6-8,10H,4-5H2,1-3H3. The van der Waals surface area contributed by atoms with Crippen molar-refractivity contribution in [2.24, 2.45) is 0 Å². The molecular formula is C13H17N3O2S. The first-order valence-electron chi connectivity index (χ1n) is 6.30. The summed E-state index contributed by atoms with van der Waals surface area (Å²) in [5.74, 6) is 0. The fraction of sp³-hybridized carbons (Fsp3) is 0.462. The second-order valence-electron chi connectivity index (χ2n) is 4.40. The summed E-state index contributed by atoms with van der Waals surface area (Å²) in [5.41, 5.74) is 0.495. The SMILES string of the molecule is CCC(CC)n1c(=O)ccc2cnc(S(C)=O)nc21. The Labute approximate surface area is 114 Å². The van der Waals surface area contributed by atoms with E-state index in [4.69, 9.17) is 0 Å². The Morgan fingerprint density at radius 2 is 2.00 bits per heavy atom. The van der Waals surface area contributed by atoms with Crippen molar-refractivity contribution >= 4 is 21.8 Å². The third-order valence-electron chi connectivity index (χ3n) is 3.21. The summed E-state index contributed by atoms with van der Waals surface area (Å²) in [6.07, 6.45) is 4.86. The van der Waals surface area contributed by atoms with E-state index in [1.807, 2.05) is 13.8 Å². The first-order chi connectivity index (χ1) is 9.08. The molecule has 0 aromatic carbocycles. The molecule has 102 valence electrons. The number of fused-ring (bicyclic) bond motifs is 1. The minimum absolute atomic E-state index is 0.0762. The molecule has 0 radical (unpaired) electrons. The Morgan fingerprint density at radius 3 is 2.58 bits per heavy atom. The van der Waals surface area contributed by atoms with E-state index in [1.54, 1.807) is 16.8 Å².